The van der Waals surface area contributed by atoms with Crippen LogP contribution in [0.3, 0.4) is 0 Å². The van der Waals surface area contributed by atoms with Gasteiger partial charge in [-0.1, -0.05) is 26.2 Å². The number of hydrogen-bond donors (Lipinski definition) is 2. The van der Waals surface area contributed by atoms with Crippen LogP contribution in [-0.2, 0) is 10.0 Å². The minimum atomic E-state index is -3.57. The molecule has 1 aliphatic carbocycles. The normalized spacial score (nSPS) is 23.2. The zero-order valence-corrected chi connectivity index (χ0v) is 15.9. The predicted octanol–water partition coefficient (Wildman–Crippen LogP) is 4.04. The van der Waals surface area contributed by atoms with E-state index in [1.807, 2.05) is 0 Å². The molecule has 0 aromatic heterocycles. The first-order valence-corrected chi connectivity index (χ1v) is 10.2. The Balaban J connectivity index is 2.23. The molecule has 0 heterocycles. The third-order valence-electron chi connectivity index (χ3n) is 3.97. The maximum atomic E-state index is 12.6. The number of sulfonamides is 1. The molecule has 21 heavy (non-hydrogen) atoms. The van der Waals surface area contributed by atoms with Gasteiger partial charge in [0.15, 0.2) is 0 Å². The molecule has 3 N–H and O–H groups in total. The number of nitrogens with two attached hydrogens (primary N) is 1. The van der Waals surface area contributed by atoms with Crippen molar-refractivity contribution in [3.05, 3.63) is 21.1 Å². The van der Waals surface area contributed by atoms with Crippen molar-refractivity contribution in [1.82, 2.24) is 4.72 Å². The van der Waals surface area contributed by atoms with Crippen LogP contribution < -0.4 is 10.5 Å². The minimum Gasteiger partial charge on any atom is -0.399 e. The topological polar surface area (TPSA) is 72.2 Å². The van der Waals surface area contributed by atoms with E-state index in [-0.39, 0.29) is 10.9 Å². The van der Waals surface area contributed by atoms with Crippen LogP contribution in [0.25, 0.3) is 0 Å². The Hall–Kier alpha value is -0.110. The fraction of sp³-hybridized carbons (Fsp3) is 0.571. The first-order chi connectivity index (χ1) is 9.83. The molecule has 7 heteroatoms. The van der Waals surface area contributed by atoms with Gasteiger partial charge in [-0.15, -0.1) is 0 Å². The van der Waals surface area contributed by atoms with Crippen LogP contribution >= 0.6 is 31.9 Å². The minimum absolute atomic E-state index is 0.0186. The summed E-state index contributed by atoms with van der Waals surface area (Å²) in [6.07, 6.45) is 5.20. The molecular weight excluding hydrogens is 420 g/mol. The van der Waals surface area contributed by atoms with E-state index in [1.54, 1.807) is 12.1 Å². The maximum absolute atomic E-state index is 12.6. The van der Waals surface area contributed by atoms with Gasteiger partial charge < -0.3 is 5.73 Å². The van der Waals surface area contributed by atoms with Crippen LogP contribution in [-0.4, -0.2) is 14.5 Å². The van der Waals surface area contributed by atoms with Crippen LogP contribution in [0.1, 0.15) is 39.0 Å². The van der Waals surface area contributed by atoms with Crippen molar-refractivity contribution in [2.24, 2.45) is 5.92 Å². The lowest BCUT2D eigenvalue weighted by atomic mass is 9.85. The number of nitrogens with one attached hydrogen (secondary N) is 1. The standard InChI is InChI=1S/C14H20Br2N2O2S/c1-2-9-4-3-5-11(6-9)18-21(19,20)14-12(15)7-10(17)8-13(14)16/h7-9,11,18H,2-6,17H2,1H3. The number of anilines is 1. The molecular formula is C14H20Br2N2O2S. The van der Waals surface area contributed by atoms with E-state index in [2.05, 4.69) is 43.5 Å². The zero-order chi connectivity index (χ0) is 15.6. The first kappa shape index (κ1) is 17.2. The Labute approximate surface area is 143 Å². The third-order valence-corrected chi connectivity index (χ3v) is 7.37. The van der Waals surface area contributed by atoms with Gasteiger partial charge in [0.05, 0.1) is 0 Å². The van der Waals surface area contributed by atoms with E-state index >= 15 is 0 Å². The Bertz CT molecular complexity index is 596. The molecule has 2 atom stereocenters. The molecule has 0 radical (unpaired) electrons. The highest BCUT2D eigenvalue weighted by Crippen LogP contribution is 2.34. The monoisotopic (exact) mass is 438 g/mol. The van der Waals surface area contributed by atoms with Crippen LogP contribution in [0.4, 0.5) is 5.69 Å². The number of benzene rings is 1. The Morgan fingerprint density at radius 2 is 1.90 bits per heavy atom. The molecule has 0 bridgehead atoms. The second-order valence-corrected chi connectivity index (χ2v) is 8.93. The molecule has 2 rings (SSSR count). The summed E-state index contributed by atoms with van der Waals surface area (Å²) in [5.74, 6) is 0.616. The number of rotatable bonds is 4. The van der Waals surface area contributed by atoms with Crippen molar-refractivity contribution in [3.63, 3.8) is 0 Å². The second kappa shape index (κ2) is 6.98. The van der Waals surface area contributed by atoms with Crippen LogP contribution in [0.5, 0.6) is 0 Å². The zero-order valence-electron chi connectivity index (χ0n) is 11.9. The highest BCUT2D eigenvalue weighted by Gasteiger charge is 2.28. The Morgan fingerprint density at radius 1 is 1.29 bits per heavy atom. The van der Waals surface area contributed by atoms with Gasteiger partial charge in [-0.05, 0) is 62.8 Å². The molecule has 4 nitrogen and oxygen atoms in total. The SMILES string of the molecule is CCC1CCCC(NS(=O)(=O)c2c(Br)cc(N)cc2Br)C1. The average molecular weight is 440 g/mol. The van der Waals surface area contributed by atoms with E-state index in [4.69, 9.17) is 5.73 Å². The molecule has 1 fully saturated rings. The summed E-state index contributed by atoms with van der Waals surface area (Å²) in [6.45, 7) is 2.16. The second-order valence-electron chi connectivity index (χ2n) is 5.57. The molecule has 0 saturated heterocycles. The van der Waals surface area contributed by atoms with Gasteiger partial charge in [-0.2, -0.15) is 0 Å². The van der Waals surface area contributed by atoms with Gasteiger partial charge in [0.2, 0.25) is 10.0 Å². The number of halogens is 2. The quantitative estimate of drug-likeness (QED) is 0.695. The molecule has 0 aliphatic heterocycles. The fourth-order valence-corrected chi connectivity index (χ4v) is 6.79. The van der Waals surface area contributed by atoms with Crippen molar-refractivity contribution in [2.45, 2.75) is 50.0 Å². The summed E-state index contributed by atoms with van der Waals surface area (Å²) in [6, 6.07) is 3.23. The van der Waals surface area contributed by atoms with E-state index in [0.29, 0.717) is 20.6 Å². The highest BCUT2D eigenvalue weighted by molar-refractivity contribution is 9.11. The average Bonchev–Trinajstić information content (AvgIpc) is 2.36. The van der Waals surface area contributed by atoms with Gasteiger partial charge >= 0.3 is 0 Å². The highest BCUT2D eigenvalue weighted by atomic mass is 79.9. The molecule has 2 unspecified atom stereocenters. The van der Waals surface area contributed by atoms with Crippen LogP contribution in [0.2, 0.25) is 0 Å². The van der Waals surface area contributed by atoms with E-state index in [1.165, 1.54) is 6.42 Å². The Kier molecular flexibility index (Phi) is 5.73. The summed E-state index contributed by atoms with van der Waals surface area (Å²) < 4.78 is 29.1. The molecule has 1 aliphatic rings. The van der Waals surface area contributed by atoms with Crippen molar-refractivity contribution in [1.29, 1.82) is 0 Å². The van der Waals surface area contributed by atoms with Crippen LogP contribution in [0, 0.1) is 5.92 Å². The van der Waals surface area contributed by atoms with Crippen molar-refractivity contribution in [2.75, 3.05) is 5.73 Å². The largest absolute Gasteiger partial charge is 0.399 e. The summed E-state index contributed by atoms with van der Waals surface area (Å²) in [4.78, 5) is 0.218. The summed E-state index contributed by atoms with van der Waals surface area (Å²) >= 11 is 6.59. The molecule has 1 aromatic rings. The lowest BCUT2D eigenvalue weighted by molar-refractivity contribution is 0.301. The van der Waals surface area contributed by atoms with Gasteiger partial charge in [0, 0.05) is 20.7 Å². The molecule has 118 valence electrons. The number of hydrogen-bond acceptors (Lipinski definition) is 3. The summed E-state index contributed by atoms with van der Waals surface area (Å²) in [5.41, 5.74) is 6.23. The summed E-state index contributed by atoms with van der Waals surface area (Å²) in [5, 5.41) is 0. The van der Waals surface area contributed by atoms with E-state index in [9.17, 15) is 8.42 Å². The van der Waals surface area contributed by atoms with Crippen molar-refractivity contribution < 1.29 is 8.42 Å². The van der Waals surface area contributed by atoms with Gasteiger partial charge in [-0.25, -0.2) is 13.1 Å². The summed E-state index contributed by atoms with van der Waals surface area (Å²) in [7, 11) is -3.57. The molecule has 0 amide bonds. The lowest BCUT2D eigenvalue weighted by Crippen LogP contribution is -2.38. The van der Waals surface area contributed by atoms with Gasteiger partial charge in [-0.3, -0.25) is 0 Å². The molecule has 0 spiro atoms. The van der Waals surface area contributed by atoms with E-state index < -0.39 is 10.0 Å². The predicted molar refractivity (Wildman–Crippen MR) is 92.6 cm³/mol. The first-order valence-electron chi connectivity index (χ1n) is 7.10. The fourth-order valence-electron chi connectivity index (χ4n) is 2.88. The lowest BCUT2D eigenvalue weighted by Gasteiger charge is -2.29. The third kappa shape index (κ3) is 4.21. The van der Waals surface area contributed by atoms with Crippen molar-refractivity contribution >= 4 is 47.6 Å². The molecule has 1 aromatic carbocycles. The van der Waals surface area contributed by atoms with Gasteiger partial charge in [0.25, 0.3) is 0 Å². The van der Waals surface area contributed by atoms with Gasteiger partial charge in [0.1, 0.15) is 4.90 Å². The van der Waals surface area contributed by atoms with Crippen LogP contribution in [0.15, 0.2) is 26.0 Å². The smallest absolute Gasteiger partial charge is 0.243 e. The maximum Gasteiger partial charge on any atom is 0.243 e. The van der Waals surface area contributed by atoms with Crippen molar-refractivity contribution in [3.8, 4) is 0 Å². The Morgan fingerprint density at radius 3 is 2.48 bits per heavy atom. The molecule has 1 saturated carbocycles. The van der Waals surface area contributed by atoms with E-state index in [0.717, 1.165) is 25.7 Å². The number of nitrogen functional groups attached to an aromatic ring is 1.